The molecule has 0 spiro atoms. The van der Waals surface area contributed by atoms with E-state index >= 15 is 0 Å². The van der Waals surface area contributed by atoms with Gasteiger partial charge >= 0.3 is 5.09 Å². The number of hydrogen-bond acceptors (Lipinski definition) is 6. The fraction of sp³-hybridized carbons (Fsp3) is 0.150. The third kappa shape index (κ3) is 4.85. The van der Waals surface area contributed by atoms with Gasteiger partial charge in [-0.1, -0.05) is 57.1 Å². The molecule has 2 aromatic carbocycles. The summed E-state index contributed by atoms with van der Waals surface area (Å²) in [5.74, 6) is 0. The summed E-state index contributed by atoms with van der Waals surface area (Å²) in [4.78, 5) is 19.9. The molecule has 0 bridgehead atoms. The zero-order valence-corrected chi connectivity index (χ0v) is 19.1. The summed E-state index contributed by atoms with van der Waals surface area (Å²) < 4.78 is 11.1. The molecule has 166 valence electrons. The molecule has 1 aliphatic heterocycles. The zero-order valence-electron chi connectivity index (χ0n) is 16.1. The lowest BCUT2D eigenvalue weighted by Gasteiger charge is -2.27. The van der Waals surface area contributed by atoms with Crippen molar-refractivity contribution in [2.45, 2.75) is 12.7 Å². The summed E-state index contributed by atoms with van der Waals surface area (Å²) in [7, 11) is 0. The number of hydrogen-bond donors (Lipinski definition) is 0. The number of furan rings is 1. The number of ether oxygens (including phenoxy) is 1. The summed E-state index contributed by atoms with van der Waals surface area (Å²) in [6, 6.07) is 8.20. The van der Waals surface area contributed by atoms with Crippen LogP contribution in [-0.2, 0) is 16.3 Å². The second kappa shape index (κ2) is 9.27. The fourth-order valence-electron chi connectivity index (χ4n) is 3.33. The van der Waals surface area contributed by atoms with Crippen LogP contribution in [0.5, 0.6) is 0 Å². The predicted molar refractivity (Wildman–Crippen MR) is 121 cm³/mol. The summed E-state index contributed by atoms with van der Waals surface area (Å²) in [6.07, 6.45) is 4.89. The first-order valence-corrected chi connectivity index (χ1v) is 10.6. The highest BCUT2D eigenvalue weighted by Gasteiger charge is 2.38. The van der Waals surface area contributed by atoms with Crippen LogP contribution < -0.4 is 0 Å². The maximum atomic E-state index is 11.1. The van der Waals surface area contributed by atoms with Crippen LogP contribution in [0.4, 0.5) is 0 Å². The first kappa shape index (κ1) is 22.8. The highest BCUT2D eigenvalue weighted by atomic mass is 35.5. The third-order valence-electron chi connectivity index (χ3n) is 4.76. The van der Waals surface area contributed by atoms with E-state index in [0.29, 0.717) is 42.2 Å². The summed E-state index contributed by atoms with van der Waals surface area (Å²) in [5.41, 5.74) is 1.73. The zero-order chi connectivity index (χ0) is 22.9. The first-order chi connectivity index (χ1) is 15.3. The van der Waals surface area contributed by atoms with E-state index in [1.165, 1.54) is 25.0 Å². The molecule has 1 aromatic heterocycles. The minimum Gasteiger partial charge on any atom is -0.462 e. The lowest BCUT2D eigenvalue weighted by molar-refractivity contribution is -1.16. The molecule has 2 heterocycles. The number of quaternary nitrogens is 1. The number of aliphatic imine (C=N–C) groups is 1. The van der Waals surface area contributed by atoms with Crippen molar-refractivity contribution >= 4 is 63.7 Å². The van der Waals surface area contributed by atoms with Crippen molar-refractivity contribution in [1.29, 1.82) is 0 Å². The van der Waals surface area contributed by atoms with E-state index in [1.807, 2.05) is 0 Å². The van der Waals surface area contributed by atoms with Gasteiger partial charge in [0.15, 0.2) is 18.3 Å². The minimum absolute atomic E-state index is 0.0281. The molecule has 1 aliphatic rings. The predicted octanol–water partition coefficient (Wildman–Crippen LogP) is 6.76. The van der Waals surface area contributed by atoms with Gasteiger partial charge in [0.1, 0.15) is 6.10 Å². The van der Waals surface area contributed by atoms with Gasteiger partial charge in [-0.15, -0.1) is 15.1 Å². The van der Waals surface area contributed by atoms with E-state index in [-0.39, 0.29) is 13.2 Å². The summed E-state index contributed by atoms with van der Waals surface area (Å²) >= 11 is 24.8. The highest BCUT2D eigenvalue weighted by Crippen LogP contribution is 2.35. The molecular formula is C20H14Cl4N3O5+. The lowest BCUT2D eigenvalue weighted by Crippen LogP contribution is -2.45. The molecule has 0 amide bonds. The third-order valence-corrected chi connectivity index (χ3v) is 5.82. The Hall–Kier alpha value is -2.33. The number of nitrogens with zero attached hydrogens (tertiary/aromatic N) is 3. The Bertz CT molecular complexity index is 1230. The molecule has 32 heavy (non-hydrogen) atoms. The van der Waals surface area contributed by atoms with Crippen LogP contribution in [0.1, 0.15) is 17.2 Å². The molecule has 8 nitrogen and oxygen atoms in total. The molecule has 0 aliphatic carbocycles. The summed E-state index contributed by atoms with van der Waals surface area (Å²) in [5, 5.41) is 12.5. The smallest absolute Gasteiger partial charge is 0.340 e. The van der Waals surface area contributed by atoms with Crippen molar-refractivity contribution < 1.29 is 23.8 Å². The average Bonchev–Trinajstić information content (AvgIpc) is 3.32. The normalized spacial score (nSPS) is 18.4. The van der Waals surface area contributed by atoms with Gasteiger partial charge < -0.3 is 9.15 Å². The molecule has 2 unspecified atom stereocenters. The Morgan fingerprint density at radius 3 is 2.59 bits per heavy atom. The van der Waals surface area contributed by atoms with Crippen molar-refractivity contribution in [2.24, 2.45) is 4.99 Å². The van der Waals surface area contributed by atoms with E-state index in [2.05, 4.69) is 4.99 Å². The van der Waals surface area contributed by atoms with Gasteiger partial charge in [0.2, 0.25) is 6.34 Å². The molecule has 0 N–H and O–H groups in total. The Morgan fingerprint density at radius 2 is 1.91 bits per heavy atom. The SMILES string of the molecule is O=[N+]([O-])O[N+]1(CC(OCc2coc3c(Cl)cc(Cl)cc23)c2ccc(Cl)cc2Cl)C=CN=C1. The largest absolute Gasteiger partial charge is 0.462 e. The second-order valence-corrected chi connectivity index (χ2v) is 8.58. The van der Waals surface area contributed by atoms with E-state index in [0.717, 1.165) is 0 Å². The Labute approximate surface area is 201 Å². The van der Waals surface area contributed by atoms with Crippen LogP contribution in [0.25, 0.3) is 11.0 Å². The quantitative estimate of drug-likeness (QED) is 0.187. The lowest BCUT2D eigenvalue weighted by atomic mass is 10.1. The standard InChI is InChI=1S/C20H14Cl4N3O5/c21-13-1-2-15(17(23)6-13)19(8-27(32-26(28)29)4-3-25-11-27)30-9-12-10-31-20-16(12)5-14(22)7-18(20)24/h1-7,10-11,19H,8-9H2/q+1. The molecule has 0 fully saturated rings. The molecule has 3 aromatic rings. The van der Waals surface area contributed by atoms with Crippen LogP contribution in [0.15, 0.2) is 58.4 Å². The monoisotopic (exact) mass is 516 g/mol. The van der Waals surface area contributed by atoms with Crippen molar-refractivity contribution in [3.05, 3.63) is 90.3 Å². The minimum atomic E-state index is -0.893. The number of halogens is 4. The van der Waals surface area contributed by atoms with Gasteiger partial charge in [0.25, 0.3) is 0 Å². The van der Waals surface area contributed by atoms with Gasteiger partial charge in [-0.05, 0) is 24.3 Å². The molecule has 0 saturated carbocycles. The van der Waals surface area contributed by atoms with Crippen molar-refractivity contribution in [3.8, 4) is 0 Å². The number of hydroxylamine groups is 3. The van der Waals surface area contributed by atoms with Gasteiger partial charge in [-0.3, -0.25) is 0 Å². The Morgan fingerprint density at radius 1 is 1.12 bits per heavy atom. The van der Waals surface area contributed by atoms with E-state index in [1.54, 1.807) is 30.3 Å². The molecule has 2 atom stereocenters. The molecule has 4 rings (SSSR count). The van der Waals surface area contributed by atoms with E-state index in [9.17, 15) is 10.1 Å². The van der Waals surface area contributed by atoms with Crippen LogP contribution >= 0.6 is 46.4 Å². The fourth-order valence-corrected chi connectivity index (χ4v) is 4.40. The van der Waals surface area contributed by atoms with Crippen molar-refractivity contribution in [3.63, 3.8) is 0 Å². The van der Waals surface area contributed by atoms with E-state index < -0.39 is 15.8 Å². The molecule has 12 heteroatoms. The first-order valence-electron chi connectivity index (χ1n) is 9.11. The Kier molecular flexibility index (Phi) is 6.62. The Balaban J connectivity index is 1.66. The molecular weight excluding hydrogens is 504 g/mol. The van der Waals surface area contributed by atoms with Crippen LogP contribution in [0.2, 0.25) is 20.1 Å². The average molecular weight is 518 g/mol. The van der Waals surface area contributed by atoms with Crippen LogP contribution in [0.3, 0.4) is 0 Å². The maximum absolute atomic E-state index is 11.1. The van der Waals surface area contributed by atoms with Crippen LogP contribution in [-0.4, -0.2) is 22.6 Å². The maximum Gasteiger partial charge on any atom is 0.340 e. The second-order valence-electron chi connectivity index (χ2n) is 6.90. The topological polar surface area (TPSA) is 87.1 Å². The van der Waals surface area contributed by atoms with E-state index in [4.69, 9.17) is 60.5 Å². The van der Waals surface area contributed by atoms with Gasteiger partial charge in [-0.25, -0.2) is 4.99 Å². The molecule has 0 saturated heterocycles. The number of benzene rings is 2. The molecule has 0 radical (unpaired) electrons. The van der Waals surface area contributed by atoms with Gasteiger partial charge in [-0.2, -0.15) is 0 Å². The summed E-state index contributed by atoms with van der Waals surface area (Å²) in [6.45, 7) is 0.0479. The van der Waals surface area contributed by atoms with Crippen LogP contribution in [0, 0.1) is 10.1 Å². The van der Waals surface area contributed by atoms with Crippen molar-refractivity contribution in [2.75, 3.05) is 6.54 Å². The van der Waals surface area contributed by atoms with Gasteiger partial charge in [0, 0.05) is 31.6 Å². The number of fused-ring (bicyclic) bond motifs is 1. The van der Waals surface area contributed by atoms with Gasteiger partial charge in [0.05, 0.1) is 24.1 Å². The van der Waals surface area contributed by atoms with Crippen molar-refractivity contribution in [1.82, 2.24) is 0 Å². The highest BCUT2D eigenvalue weighted by molar-refractivity contribution is 6.38. The number of rotatable bonds is 8.